The lowest BCUT2D eigenvalue weighted by Crippen LogP contribution is -2.33. The number of benzene rings is 1. The van der Waals surface area contributed by atoms with Gasteiger partial charge in [-0.05, 0) is 30.7 Å². The molecule has 0 heterocycles. The van der Waals surface area contributed by atoms with Gasteiger partial charge in [-0.25, -0.2) is 4.79 Å². The summed E-state index contributed by atoms with van der Waals surface area (Å²) < 4.78 is 0.151. The second-order valence-corrected chi connectivity index (χ2v) is 8.51. The van der Waals surface area contributed by atoms with Gasteiger partial charge < -0.3 is 15.5 Å². The lowest BCUT2D eigenvalue weighted by molar-refractivity contribution is -0.128. The molecule has 1 aromatic rings. The summed E-state index contributed by atoms with van der Waals surface area (Å²) in [7, 11) is 3.39. The molecule has 2 N–H and O–H groups in total. The van der Waals surface area contributed by atoms with E-state index in [4.69, 9.17) is 0 Å². The molecule has 0 aliphatic rings. The first kappa shape index (κ1) is 19.4. The molecule has 0 unspecified atom stereocenters. The molecular formula is C17H27N3O2S. The molecule has 23 heavy (non-hydrogen) atoms. The van der Waals surface area contributed by atoms with Crippen molar-refractivity contribution < 1.29 is 9.59 Å². The fraction of sp³-hybridized carbons (Fsp3) is 0.529. The van der Waals surface area contributed by atoms with Crippen LogP contribution in [-0.2, 0) is 4.79 Å². The van der Waals surface area contributed by atoms with Crippen LogP contribution in [0.3, 0.4) is 0 Å². The van der Waals surface area contributed by atoms with Gasteiger partial charge in [0.1, 0.15) is 0 Å². The summed E-state index contributed by atoms with van der Waals surface area (Å²) in [6.45, 7) is 8.79. The van der Waals surface area contributed by atoms with Crippen molar-refractivity contribution in [2.45, 2.75) is 43.8 Å². The highest BCUT2D eigenvalue weighted by molar-refractivity contribution is 8.00. The fourth-order valence-electron chi connectivity index (χ4n) is 1.87. The SMILES string of the molecule is Cc1cc(SC(C)(C)C)ccc1NC(=O)NCCC(=O)N(C)C. The Morgan fingerprint density at radius 2 is 1.87 bits per heavy atom. The van der Waals surface area contributed by atoms with Crippen molar-refractivity contribution in [1.29, 1.82) is 0 Å². The average Bonchev–Trinajstić information content (AvgIpc) is 2.39. The minimum Gasteiger partial charge on any atom is -0.349 e. The number of aryl methyl sites for hydroxylation is 1. The third kappa shape index (κ3) is 7.41. The zero-order chi connectivity index (χ0) is 17.6. The lowest BCUT2D eigenvalue weighted by atomic mass is 10.2. The zero-order valence-corrected chi connectivity index (χ0v) is 15.6. The van der Waals surface area contributed by atoms with Crippen LogP contribution in [0.4, 0.5) is 10.5 Å². The molecule has 128 valence electrons. The van der Waals surface area contributed by atoms with Crippen LogP contribution in [0.1, 0.15) is 32.8 Å². The van der Waals surface area contributed by atoms with E-state index in [2.05, 4.69) is 37.5 Å². The number of anilines is 1. The average molecular weight is 337 g/mol. The van der Waals surface area contributed by atoms with Crippen molar-refractivity contribution in [1.82, 2.24) is 10.2 Å². The van der Waals surface area contributed by atoms with Crippen molar-refractivity contribution in [3.8, 4) is 0 Å². The van der Waals surface area contributed by atoms with E-state index in [1.54, 1.807) is 25.9 Å². The van der Waals surface area contributed by atoms with Crippen LogP contribution in [0.15, 0.2) is 23.1 Å². The van der Waals surface area contributed by atoms with E-state index in [0.29, 0.717) is 13.0 Å². The molecule has 0 radical (unpaired) electrons. The van der Waals surface area contributed by atoms with Crippen LogP contribution in [0.5, 0.6) is 0 Å². The molecule has 6 heteroatoms. The first-order valence-corrected chi connectivity index (χ1v) is 8.45. The molecule has 0 atom stereocenters. The minimum absolute atomic E-state index is 0.00922. The summed E-state index contributed by atoms with van der Waals surface area (Å²) in [5, 5.41) is 5.51. The number of urea groups is 1. The number of thioether (sulfide) groups is 1. The van der Waals surface area contributed by atoms with Gasteiger partial charge in [-0.1, -0.05) is 20.8 Å². The molecule has 0 fully saturated rings. The molecule has 0 saturated carbocycles. The maximum atomic E-state index is 11.9. The summed E-state index contributed by atoms with van der Waals surface area (Å²) in [4.78, 5) is 26.0. The van der Waals surface area contributed by atoms with Gasteiger partial charge in [0.2, 0.25) is 5.91 Å². The van der Waals surface area contributed by atoms with Crippen LogP contribution < -0.4 is 10.6 Å². The normalized spacial score (nSPS) is 11.0. The molecule has 5 nitrogen and oxygen atoms in total. The van der Waals surface area contributed by atoms with Crippen molar-refractivity contribution in [3.05, 3.63) is 23.8 Å². The summed E-state index contributed by atoms with van der Waals surface area (Å²) >= 11 is 1.79. The zero-order valence-electron chi connectivity index (χ0n) is 14.8. The summed E-state index contributed by atoms with van der Waals surface area (Å²) in [5.74, 6) is -0.00922. The highest BCUT2D eigenvalue weighted by atomic mass is 32.2. The highest BCUT2D eigenvalue weighted by Crippen LogP contribution is 2.33. The third-order valence-electron chi connectivity index (χ3n) is 2.99. The van der Waals surface area contributed by atoms with Gasteiger partial charge in [-0.3, -0.25) is 4.79 Å². The Morgan fingerprint density at radius 1 is 1.22 bits per heavy atom. The number of nitrogens with one attached hydrogen (secondary N) is 2. The smallest absolute Gasteiger partial charge is 0.319 e. The Labute approximate surface area is 143 Å². The number of amides is 3. The van der Waals surface area contributed by atoms with E-state index >= 15 is 0 Å². The number of hydrogen-bond donors (Lipinski definition) is 2. The third-order valence-corrected chi connectivity index (χ3v) is 4.10. The molecule has 0 spiro atoms. The molecule has 0 aliphatic heterocycles. The van der Waals surface area contributed by atoms with E-state index < -0.39 is 0 Å². The number of hydrogen-bond acceptors (Lipinski definition) is 3. The Morgan fingerprint density at radius 3 is 2.39 bits per heavy atom. The number of nitrogens with zero attached hydrogens (tertiary/aromatic N) is 1. The van der Waals surface area contributed by atoms with Crippen molar-refractivity contribution >= 4 is 29.4 Å². The van der Waals surface area contributed by atoms with Gasteiger partial charge in [0.15, 0.2) is 0 Å². The second kappa shape index (κ2) is 8.24. The van der Waals surface area contributed by atoms with E-state index in [0.717, 1.165) is 11.3 Å². The standard InChI is InChI=1S/C17H27N3O2S/c1-12-11-13(23-17(2,3)4)7-8-14(12)19-16(22)18-10-9-15(21)20(5)6/h7-8,11H,9-10H2,1-6H3,(H2,18,19,22). The molecule has 0 aromatic heterocycles. The molecule has 0 bridgehead atoms. The molecule has 0 aliphatic carbocycles. The van der Waals surface area contributed by atoms with Gasteiger partial charge in [0, 0.05) is 42.4 Å². The van der Waals surface area contributed by atoms with Gasteiger partial charge in [-0.2, -0.15) is 0 Å². The molecule has 3 amide bonds. The predicted octanol–water partition coefficient (Wildman–Crippen LogP) is 3.49. The Balaban J connectivity index is 2.54. The van der Waals surface area contributed by atoms with Gasteiger partial charge in [0.05, 0.1) is 0 Å². The summed E-state index contributed by atoms with van der Waals surface area (Å²) in [6, 6.07) is 5.69. The predicted molar refractivity (Wildman–Crippen MR) is 97.1 cm³/mol. The van der Waals surface area contributed by atoms with Crippen molar-refractivity contribution in [2.75, 3.05) is 26.0 Å². The van der Waals surface area contributed by atoms with E-state index in [1.165, 1.54) is 9.80 Å². The second-order valence-electron chi connectivity index (χ2n) is 6.61. The number of rotatable bonds is 5. The summed E-state index contributed by atoms with van der Waals surface area (Å²) in [5.41, 5.74) is 1.79. The van der Waals surface area contributed by atoms with Crippen molar-refractivity contribution in [3.63, 3.8) is 0 Å². The first-order valence-electron chi connectivity index (χ1n) is 7.63. The number of carbonyl (C=O) groups is 2. The molecule has 1 rings (SSSR count). The van der Waals surface area contributed by atoms with Crippen LogP contribution in [0, 0.1) is 6.92 Å². The van der Waals surface area contributed by atoms with Crippen LogP contribution in [-0.4, -0.2) is 42.2 Å². The van der Waals surface area contributed by atoms with E-state index in [9.17, 15) is 9.59 Å². The van der Waals surface area contributed by atoms with Gasteiger partial charge in [0.25, 0.3) is 0 Å². The highest BCUT2D eigenvalue weighted by Gasteiger charge is 2.13. The first-order chi connectivity index (χ1) is 10.6. The van der Waals surface area contributed by atoms with Gasteiger partial charge >= 0.3 is 6.03 Å². The minimum atomic E-state index is -0.295. The summed E-state index contributed by atoms with van der Waals surface area (Å²) in [6.07, 6.45) is 0.292. The van der Waals surface area contributed by atoms with Crippen LogP contribution in [0.2, 0.25) is 0 Å². The fourth-order valence-corrected chi connectivity index (χ4v) is 2.95. The maximum absolute atomic E-state index is 11.9. The monoisotopic (exact) mass is 337 g/mol. The molecule has 1 aromatic carbocycles. The van der Waals surface area contributed by atoms with Gasteiger partial charge in [-0.15, -0.1) is 11.8 Å². The molecular weight excluding hydrogens is 310 g/mol. The van der Waals surface area contributed by atoms with Crippen LogP contribution >= 0.6 is 11.8 Å². The van der Waals surface area contributed by atoms with Crippen molar-refractivity contribution in [2.24, 2.45) is 0 Å². The van der Waals surface area contributed by atoms with E-state index in [-0.39, 0.29) is 16.7 Å². The largest absolute Gasteiger partial charge is 0.349 e. The number of carbonyl (C=O) groups excluding carboxylic acids is 2. The maximum Gasteiger partial charge on any atom is 0.319 e. The quantitative estimate of drug-likeness (QED) is 0.809. The van der Waals surface area contributed by atoms with Crippen LogP contribution in [0.25, 0.3) is 0 Å². The lowest BCUT2D eigenvalue weighted by Gasteiger charge is -2.18. The Hall–Kier alpha value is -1.69. The van der Waals surface area contributed by atoms with E-state index in [1.807, 2.05) is 19.1 Å². The Kier molecular flexibility index (Phi) is 6.94. The topological polar surface area (TPSA) is 61.4 Å². The molecule has 0 saturated heterocycles. The Bertz CT molecular complexity index is 565.